The number of rotatable bonds is 9. The largest absolute Gasteiger partial charge is 0.493 e. The van der Waals surface area contributed by atoms with Crippen LogP contribution in [0.4, 0.5) is 0 Å². The fraction of sp³-hybridized carbons (Fsp3) is 0.500. The van der Waals surface area contributed by atoms with Crippen molar-refractivity contribution >= 4 is 23.4 Å². The van der Waals surface area contributed by atoms with Gasteiger partial charge in [0.1, 0.15) is 17.7 Å². The lowest BCUT2D eigenvalue weighted by molar-refractivity contribution is -0.140. The number of carbonyl (C=O) groups is 2. The summed E-state index contributed by atoms with van der Waals surface area (Å²) in [7, 11) is 3.08. The van der Waals surface area contributed by atoms with E-state index in [1.807, 2.05) is 0 Å². The Labute approximate surface area is 194 Å². The Kier molecular flexibility index (Phi) is 8.45. The molecule has 0 radical (unpaired) electrons. The van der Waals surface area contributed by atoms with Crippen molar-refractivity contribution in [1.82, 2.24) is 10.2 Å². The molecule has 0 aliphatic heterocycles. The van der Waals surface area contributed by atoms with Crippen molar-refractivity contribution in [3.63, 3.8) is 0 Å². The van der Waals surface area contributed by atoms with Crippen LogP contribution in [-0.2, 0) is 16.1 Å². The molecule has 0 unspecified atom stereocenters. The third-order valence-electron chi connectivity index (χ3n) is 5.99. The van der Waals surface area contributed by atoms with E-state index < -0.39 is 6.04 Å². The van der Waals surface area contributed by atoms with Gasteiger partial charge in [-0.2, -0.15) is 0 Å². The Morgan fingerprint density at radius 2 is 1.88 bits per heavy atom. The van der Waals surface area contributed by atoms with Gasteiger partial charge in [-0.25, -0.2) is 0 Å². The molecule has 32 heavy (non-hydrogen) atoms. The molecule has 1 N–H and O–H groups in total. The number of carbonyl (C=O) groups excluding carboxylic acids is 2. The third-order valence-corrected chi connectivity index (χ3v) is 6.22. The number of benzene rings is 1. The molecule has 2 aromatic rings. The number of halogens is 1. The van der Waals surface area contributed by atoms with Crippen molar-refractivity contribution in [2.24, 2.45) is 5.92 Å². The molecule has 7 nitrogen and oxygen atoms in total. The molecule has 8 heteroatoms. The lowest BCUT2D eigenvalue weighted by Gasteiger charge is -2.33. The number of furan rings is 1. The number of ether oxygens (including phenoxy) is 2. The predicted molar refractivity (Wildman–Crippen MR) is 122 cm³/mol. The van der Waals surface area contributed by atoms with Crippen LogP contribution in [0.3, 0.4) is 0 Å². The van der Waals surface area contributed by atoms with Gasteiger partial charge in [0.25, 0.3) is 0 Å². The lowest BCUT2D eigenvalue weighted by Crippen LogP contribution is -2.47. The second kappa shape index (κ2) is 11.3. The van der Waals surface area contributed by atoms with Gasteiger partial charge in [0.2, 0.25) is 11.8 Å². The van der Waals surface area contributed by atoms with Crippen molar-refractivity contribution in [3.05, 3.63) is 47.9 Å². The average Bonchev–Trinajstić information content (AvgIpc) is 3.32. The fourth-order valence-corrected chi connectivity index (χ4v) is 4.30. The van der Waals surface area contributed by atoms with Crippen LogP contribution in [0.25, 0.3) is 0 Å². The highest BCUT2D eigenvalue weighted by Gasteiger charge is 2.34. The van der Waals surface area contributed by atoms with Gasteiger partial charge in [0.15, 0.2) is 11.5 Å². The van der Waals surface area contributed by atoms with Gasteiger partial charge in [-0.15, -0.1) is 11.6 Å². The molecule has 0 bridgehead atoms. The number of nitrogens with one attached hydrogen (secondary N) is 1. The van der Waals surface area contributed by atoms with E-state index in [1.165, 1.54) is 18.3 Å². The van der Waals surface area contributed by atoms with Crippen LogP contribution in [0.2, 0.25) is 0 Å². The summed E-state index contributed by atoms with van der Waals surface area (Å²) < 4.78 is 16.2. The van der Waals surface area contributed by atoms with Crippen LogP contribution in [-0.4, -0.2) is 42.9 Å². The molecule has 174 valence electrons. The van der Waals surface area contributed by atoms with Crippen LogP contribution in [0.1, 0.15) is 50.0 Å². The zero-order valence-corrected chi connectivity index (χ0v) is 19.6. The fourth-order valence-electron chi connectivity index (χ4n) is 4.15. The first kappa shape index (κ1) is 24.0. The summed E-state index contributed by atoms with van der Waals surface area (Å²) in [5.74, 6) is 1.38. The third kappa shape index (κ3) is 5.76. The molecule has 1 heterocycles. The summed E-state index contributed by atoms with van der Waals surface area (Å²) >= 11 is 5.94. The molecule has 1 fully saturated rings. The molecule has 3 rings (SSSR count). The second-order valence-electron chi connectivity index (χ2n) is 8.22. The number of hydrogen-bond donors (Lipinski definition) is 1. The quantitative estimate of drug-likeness (QED) is 0.562. The minimum atomic E-state index is -0.898. The minimum Gasteiger partial charge on any atom is -0.493 e. The Morgan fingerprint density at radius 3 is 2.47 bits per heavy atom. The Morgan fingerprint density at radius 1 is 1.16 bits per heavy atom. The Hall–Kier alpha value is -2.67. The lowest BCUT2D eigenvalue weighted by atomic mass is 9.87. The van der Waals surface area contributed by atoms with E-state index >= 15 is 0 Å². The van der Waals surface area contributed by atoms with E-state index in [0.29, 0.717) is 28.7 Å². The van der Waals surface area contributed by atoms with Crippen LogP contribution < -0.4 is 14.8 Å². The normalized spacial score (nSPS) is 19.1. The summed E-state index contributed by atoms with van der Waals surface area (Å²) in [5, 5.41) is 3.16. The molecule has 2 amide bonds. The predicted octanol–water partition coefficient (Wildman–Crippen LogP) is 4.30. The Balaban J connectivity index is 1.96. The highest BCUT2D eigenvalue weighted by Crippen LogP contribution is 2.33. The first-order valence-electron chi connectivity index (χ1n) is 10.9. The van der Waals surface area contributed by atoms with Gasteiger partial charge in [-0.05, 0) is 61.4 Å². The zero-order chi connectivity index (χ0) is 23.1. The first-order valence-corrected chi connectivity index (χ1v) is 11.4. The molecule has 0 spiro atoms. The highest BCUT2D eigenvalue weighted by molar-refractivity contribution is 6.27. The van der Waals surface area contributed by atoms with E-state index in [9.17, 15) is 9.59 Å². The van der Waals surface area contributed by atoms with Crippen LogP contribution >= 0.6 is 11.6 Å². The molecule has 1 atom stereocenters. The molecule has 1 aliphatic carbocycles. The SMILES string of the molecule is COc1ccc([C@@H](C(=O)NC2CCC(C)CC2)N(Cc2ccco2)C(=O)CCl)cc1OC. The number of nitrogens with zero attached hydrogens (tertiary/aromatic N) is 1. The molecule has 1 aromatic carbocycles. The highest BCUT2D eigenvalue weighted by atomic mass is 35.5. The Bertz CT molecular complexity index is 894. The topological polar surface area (TPSA) is 81.0 Å². The standard InChI is InChI=1S/C24H31ClN2O5/c1-16-6-9-18(10-7-16)26-24(29)23(17-8-11-20(30-2)21(13-17)31-3)27(22(28)14-25)15-19-5-4-12-32-19/h4-5,8,11-13,16,18,23H,6-7,9-10,14-15H2,1-3H3,(H,26,29)/t16?,18?,23-/m0/s1. The summed E-state index contributed by atoms with van der Waals surface area (Å²) in [4.78, 5) is 27.9. The summed E-state index contributed by atoms with van der Waals surface area (Å²) in [5.41, 5.74) is 0.606. The van der Waals surface area contributed by atoms with Crippen molar-refractivity contribution in [1.29, 1.82) is 0 Å². The van der Waals surface area contributed by atoms with E-state index in [1.54, 1.807) is 37.4 Å². The van der Waals surface area contributed by atoms with E-state index in [0.717, 1.165) is 25.7 Å². The van der Waals surface area contributed by atoms with Crippen LogP contribution in [0.5, 0.6) is 11.5 Å². The van der Waals surface area contributed by atoms with Gasteiger partial charge in [0, 0.05) is 6.04 Å². The minimum absolute atomic E-state index is 0.0814. The molecule has 1 aliphatic rings. The maximum absolute atomic E-state index is 13.6. The second-order valence-corrected chi connectivity index (χ2v) is 8.48. The van der Waals surface area contributed by atoms with Crippen LogP contribution in [0, 0.1) is 5.92 Å². The number of alkyl halides is 1. The van der Waals surface area contributed by atoms with Crippen molar-refractivity contribution < 1.29 is 23.5 Å². The zero-order valence-electron chi connectivity index (χ0n) is 18.8. The number of amides is 2. The van der Waals surface area contributed by atoms with Gasteiger partial charge in [-0.1, -0.05) is 13.0 Å². The van der Waals surface area contributed by atoms with E-state index in [2.05, 4.69) is 12.2 Å². The first-order chi connectivity index (χ1) is 15.5. The molecule has 1 saturated carbocycles. The smallest absolute Gasteiger partial charge is 0.247 e. The van der Waals surface area contributed by atoms with Gasteiger partial charge >= 0.3 is 0 Å². The molecular weight excluding hydrogens is 432 g/mol. The molecular formula is C24H31ClN2O5. The van der Waals surface area contributed by atoms with Crippen molar-refractivity contribution in [2.75, 3.05) is 20.1 Å². The van der Waals surface area contributed by atoms with E-state index in [4.69, 9.17) is 25.5 Å². The summed E-state index contributed by atoms with van der Waals surface area (Å²) in [6.07, 6.45) is 5.53. The van der Waals surface area contributed by atoms with Gasteiger partial charge in [-0.3, -0.25) is 9.59 Å². The van der Waals surface area contributed by atoms with E-state index in [-0.39, 0.29) is 30.3 Å². The van der Waals surface area contributed by atoms with Crippen molar-refractivity contribution in [3.8, 4) is 11.5 Å². The molecule has 0 saturated heterocycles. The van der Waals surface area contributed by atoms with Gasteiger partial charge in [0.05, 0.1) is 27.0 Å². The van der Waals surface area contributed by atoms with Crippen molar-refractivity contribution in [2.45, 2.75) is 51.2 Å². The molecule has 1 aromatic heterocycles. The maximum Gasteiger partial charge on any atom is 0.247 e. The van der Waals surface area contributed by atoms with Gasteiger partial charge < -0.3 is 24.1 Å². The number of hydrogen-bond acceptors (Lipinski definition) is 5. The summed E-state index contributed by atoms with van der Waals surface area (Å²) in [6.45, 7) is 2.35. The monoisotopic (exact) mass is 462 g/mol. The maximum atomic E-state index is 13.6. The average molecular weight is 463 g/mol. The number of methoxy groups -OCH3 is 2. The van der Waals surface area contributed by atoms with Crippen LogP contribution in [0.15, 0.2) is 41.0 Å². The summed E-state index contributed by atoms with van der Waals surface area (Å²) in [6, 6.07) is 7.91.